The average molecular weight is 230 g/mol. The van der Waals surface area contributed by atoms with E-state index in [9.17, 15) is 18.3 Å². The molecule has 0 saturated carbocycles. The molecule has 0 bridgehead atoms. The zero-order chi connectivity index (χ0) is 11.8. The Bertz CT molecular complexity index is 516. The Morgan fingerprint density at radius 1 is 1.33 bits per heavy atom. The van der Waals surface area contributed by atoms with Crippen molar-refractivity contribution >= 4 is 15.8 Å². The Kier molecular flexibility index (Phi) is 2.72. The van der Waals surface area contributed by atoms with Crippen molar-refractivity contribution in [3.8, 4) is 5.75 Å². The first-order valence-electron chi connectivity index (χ1n) is 4.00. The largest absolute Gasteiger partial charge is 0.506 e. The highest BCUT2D eigenvalue weighted by Crippen LogP contribution is 2.27. The molecule has 0 radical (unpaired) electrons. The first-order chi connectivity index (χ1) is 6.73. The van der Waals surface area contributed by atoms with Crippen molar-refractivity contribution < 1.29 is 23.4 Å². The molecule has 0 aliphatic heterocycles. The lowest BCUT2D eigenvalue weighted by molar-refractivity contribution is 0.0696. The standard InChI is InChI=1S/C9H10O5S/c1-5-3-6(9(11)12)4-7(8(5)10)15(2,13)14/h3-4,10H,1-2H3,(H,11,12). The molecule has 82 valence electrons. The maximum absolute atomic E-state index is 11.2. The number of carboxylic acid groups (broad SMARTS) is 1. The van der Waals surface area contributed by atoms with Gasteiger partial charge < -0.3 is 10.2 Å². The van der Waals surface area contributed by atoms with E-state index in [1.807, 2.05) is 0 Å². The highest BCUT2D eigenvalue weighted by Gasteiger charge is 2.18. The van der Waals surface area contributed by atoms with Crippen LogP contribution in [0.1, 0.15) is 15.9 Å². The summed E-state index contributed by atoms with van der Waals surface area (Å²) >= 11 is 0. The number of benzene rings is 1. The number of sulfone groups is 1. The summed E-state index contributed by atoms with van der Waals surface area (Å²) in [4.78, 5) is 10.3. The minimum atomic E-state index is -3.63. The van der Waals surface area contributed by atoms with Crippen molar-refractivity contribution in [2.45, 2.75) is 11.8 Å². The van der Waals surface area contributed by atoms with E-state index >= 15 is 0 Å². The second kappa shape index (κ2) is 3.54. The van der Waals surface area contributed by atoms with Gasteiger partial charge >= 0.3 is 5.97 Å². The highest BCUT2D eigenvalue weighted by atomic mass is 32.2. The number of carbonyl (C=O) groups is 1. The van der Waals surface area contributed by atoms with Crippen LogP contribution in [0.2, 0.25) is 0 Å². The summed E-state index contributed by atoms with van der Waals surface area (Å²) in [5.41, 5.74) is 0.0565. The second-order valence-electron chi connectivity index (χ2n) is 3.22. The first-order valence-corrected chi connectivity index (χ1v) is 5.89. The molecule has 5 nitrogen and oxygen atoms in total. The Balaban J connectivity index is 3.59. The van der Waals surface area contributed by atoms with Gasteiger partial charge in [0.05, 0.1) is 5.56 Å². The second-order valence-corrected chi connectivity index (χ2v) is 5.20. The molecule has 0 amide bonds. The Morgan fingerprint density at radius 3 is 2.27 bits per heavy atom. The van der Waals surface area contributed by atoms with Gasteiger partial charge in [-0.15, -0.1) is 0 Å². The highest BCUT2D eigenvalue weighted by molar-refractivity contribution is 7.90. The van der Waals surface area contributed by atoms with Crippen LogP contribution in [0.25, 0.3) is 0 Å². The summed E-state index contributed by atoms with van der Waals surface area (Å²) < 4.78 is 22.5. The average Bonchev–Trinajstić information content (AvgIpc) is 2.06. The maximum Gasteiger partial charge on any atom is 0.335 e. The summed E-state index contributed by atoms with van der Waals surface area (Å²) in [5.74, 6) is -1.63. The minimum absolute atomic E-state index is 0.161. The van der Waals surface area contributed by atoms with Crippen molar-refractivity contribution in [2.75, 3.05) is 6.26 Å². The molecule has 2 N–H and O–H groups in total. The van der Waals surface area contributed by atoms with Crippen LogP contribution < -0.4 is 0 Å². The molecule has 0 aromatic heterocycles. The van der Waals surface area contributed by atoms with E-state index in [4.69, 9.17) is 5.11 Å². The van der Waals surface area contributed by atoms with Crippen molar-refractivity contribution in [2.24, 2.45) is 0 Å². The van der Waals surface area contributed by atoms with Crippen molar-refractivity contribution in [3.05, 3.63) is 23.3 Å². The monoisotopic (exact) mass is 230 g/mol. The molecule has 15 heavy (non-hydrogen) atoms. The Hall–Kier alpha value is -1.56. The van der Waals surface area contributed by atoms with E-state index in [-0.39, 0.29) is 16.0 Å². The van der Waals surface area contributed by atoms with Crippen LogP contribution >= 0.6 is 0 Å². The molecule has 1 aromatic rings. The molecule has 1 rings (SSSR count). The number of carboxylic acids is 1. The molecule has 0 unspecified atom stereocenters. The third-order valence-corrected chi connectivity index (χ3v) is 3.02. The topological polar surface area (TPSA) is 91.7 Å². The van der Waals surface area contributed by atoms with E-state index in [0.29, 0.717) is 0 Å². The lowest BCUT2D eigenvalue weighted by Gasteiger charge is -2.06. The number of rotatable bonds is 2. The van der Waals surface area contributed by atoms with Gasteiger partial charge in [-0.1, -0.05) is 0 Å². The maximum atomic E-state index is 11.2. The fourth-order valence-electron chi connectivity index (χ4n) is 1.15. The molecule has 0 aliphatic rings. The number of phenols is 1. The van der Waals surface area contributed by atoms with Gasteiger partial charge in [0.25, 0.3) is 0 Å². The molecule has 0 heterocycles. The molecule has 0 aliphatic carbocycles. The number of hydrogen-bond donors (Lipinski definition) is 2. The van der Waals surface area contributed by atoms with Crippen LogP contribution in [0.3, 0.4) is 0 Å². The molecular formula is C9H10O5S. The van der Waals surface area contributed by atoms with Crippen molar-refractivity contribution in [1.29, 1.82) is 0 Å². The van der Waals surface area contributed by atoms with Gasteiger partial charge in [0.15, 0.2) is 9.84 Å². The number of aryl methyl sites for hydroxylation is 1. The van der Waals surface area contributed by atoms with Gasteiger partial charge in [-0.25, -0.2) is 13.2 Å². The molecule has 6 heteroatoms. The molecule has 0 spiro atoms. The van der Waals surface area contributed by atoms with Gasteiger partial charge in [-0.3, -0.25) is 0 Å². The number of phenolic OH excluding ortho intramolecular Hbond substituents is 1. The molecular weight excluding hydrogens is 220 g/mol. The summed E-state index contributed by atoms with van der Waals surface area (Å²) in [6, 6.07) is 2.16. The molecule has 0 fully saturated rings. The molecule has 1 aromatic carbocycles. The predicted molar refractivity (Wildman–Crippen MR) is 52.9 cm³/mol. The smallest absolute Gasteiger partial charge is 0.335 e. The summed E-state index contributed by atoms with van der Waals surface area (Å²) in [6.45, 7) is 1.44. The normalized spacial score (nSPS) is 11.3. The lowest BCUT2D eigenvalue weighted by Crippen LogP contribution is -2.03. The third-order valence-electron chi connectivity index (χ3n) is 1.91. The van der Waals surface area contributed by atoms with E-state index < -0.39 is 21.6 Å². The van der Waals surface area contributed by atoms with E-state index in [2.05, 4.69) is 0 Å². The zero-order valence-electron chi connectivity index (χ0n) is 8.18. The van der Waals surface area contributed by atoms with Crippen LogP contribution in [-0.4, -0.2) is 30.9 Å². The molecule has 0 saturated heterocycles. The Labute approximate surface area is 86.9 Å². The van der Waals surface area contributed by atoms with Gasteiger partial charge in [0.1, 0.15) is 10.6 Å². The van der Waals surface area contributed by atoms with Crippen LogP contribution in [0.15, 0.2) is 17.0 Å². The molecule has 0 atom stereocenters. The lowest BCUT2D eigenvalue weighted by atomic mass is 10.1. The van der Waals surface area contributed by atoms with Gasteiger partial charge in [-0.05, 0) is 24.6 Å². The van der Waals surface area contributed by atoms with Crippen LogP contribution in [0.5, 0.6) is 5.75 Å². The van der Waals surface area contributed by atoms with Crippen LogP contribution in [-0.2, 0) is 9.84 Å². The summed E-state index contributed by atoms with van der Waals surface area (Å²) in [6.07, 6.45) is 0.910. The minimum Gasteiger partial charge on any atom is -0.506 e. The van der Waals surface area contributed by atoms with E-state index in [1.165, 1.54) is 13.0 Å². The summed E-state index contributed by atoms with van der Waals surface area (Å²) in [5, 5.41) is 18.2. The third kappa shape index (κ3) is 2.27. The SMILES string of the molecule is Cc1cc(C(=O)O)cc(S(C)(=O)=O)c1O. The van der Waals surface area contributed by atoms with Crippen molar-refractivity contribution in [1.82, 2.24) is 0 Å². The number of aromatic carboxylic acids is 1. The fraction of sp³-hybridized carbons (Fsp3) is 0.222. The van der Waals surface area contributed by atoms with E-state index in [1.54, 1.807) is 0 Å². The fourth-order valence-corrected chi connectivity index (χ4v) is 2.01. The predicted octanol–water partition coefficient (Wildman–Crippen LogP) is 0.802. The quantitative estimate of drug-likeness (QED) is 0.784. The van der Waals surface area contributed by atoms with Crippen LogP contribution in [0.4, 0.5) is 0 Å². The Morgan fingerprint density at radius 2 is 1.87 bits per heavy atom. The van der Waals surface area contributed by atoms with Crippen molar-refractivity contribution in [3.63, 3.8) is 0 Å². The van der Waals surface area contributed by atoms with Crippen LogP contribution in [0, 0.1) is 6.92 Å². The van der Waals surface area contributed by atoms with Gasteiger partial charge in [0, 0.05) is 6.26 Å². The van der Waals surface area contributed by atoms with Gasteiger partial charge in [0.2, 0.25) is 0 Å². The van der Waals surface area contributed by atoms with E-state index in [0.717, 1.165) is 12.3 Å². The zero-order valence-corrected chi connectivity index (χ0v) is 9.00. The van der Waals surface area contributed by atoms with Gasteiger partial charge in [-0.2, -0.15) is 0 Å². The summed E-state index contributed by atoms with van der Waals surface area (Å²) in [7, 11) is -3.63. The number of aromatic hydroxyl groups is 1. The number of hydrogen-bond acceptors (Lipinski definition) is 4. The first kappa shape index (κ1) is 11.5.